The van der Waals surface area contributed by atoms with Crippen molar-refractivity contribution in [2.24, 2.45) is 11.5 Å². The summed E-state index contributed by atoms with van der Waals surface area (Å²) in [5, 5.41) is 11.3. The number of hydrogen-bond acceptors (Lipinski definition) is 5. The van der Waals surface area contributed by atoms with E-state index in [9.17, 15) is 9.59 Å². The van der Waals surface area contributed by atoms with Crippen LogP contribution in [0.5, 0.6) is 0 Å². The molecule has 0 saturated carbocycles. The molecule has 1 atom stereocenters. The molecule has 0 aliphatic carbocycles. The highest BCUT2D eigenvalue weighted by molar-refractivity contribution is 5.97. The van der Waals surface area contributed by atoms with Crippen LogP contribution in [0.1, 0.15) is 29.8 Å². The van der Waals surface area contributed by atoms with Gasteiger partial charge in [0.05, 0.1) is 0 Å². The molecule has 1 rings (SSSR count). The molecule has 0 spiro atoms. The Morgan fingerprint density at radius 2 is 1.80 bits per heavy atom. The summed E-state index contributed by atoms with van der Waals surface area (Å²) in [6.45, 7) is 10.3. The first-order chi connectivity index (χ1) is 11.6. The molecule has 1 aromatic carbocycles. The number of nitrogens with two attached hydrogens (primary N) is 2. The van der Waals surface area contributed by atoms with Crippen LogP contribution in [0.25, 0.3) is 0 Å². The van der Waals surface area contributed by atoms with Crippen molar-refractivity contribution in [3.63, 3.8) is 0 Å². The van der Waals surface area contributed by atoms with Crippen molar-refractivity contribution in [1.29, 1.82) is 0 Å². The SMILES string of the molecule is C=C(N)C(=C)C#Cc1ccc(C(=O)N[C@H](C(=O)NO)C(C)(C)N)cc1. The van der Waals surface area contributed by atoms with E-state index in [2.05, 4.69) is 30.3 Å². The summed E-state index contributed by atoms with van der Waals surface area (Å²) in [7, 11) is 0. The molecule has 0 unspecified atom stereocenters. The van der Waals surface area contributed by atoms with Crippen LogP contribution in [0, 0.1) is 11.8 Å². The van der Waals surface area contributed by atoms with Crippen molar-refractivity contribution < 1.29 is 14.8 Å². The van der Waals surface area contributed by atoms with Gasteiger partial charge in [-0.1, -0.05) is 25.0 Å². The Bertz CT molecular complexity index is 749. The molecular weight excluding hydrogens is 320 g/mol. The van der Waals surface area contributed by atoms with Crippen LogP contribution in [0.2, 0.25) is 0 Å². The maximum atomic E-state index is 12.3. The Hall–Kier alpha value is -3.08. The number of hydrogen-bond donors (Lipinski definition) is 5. The summed E-state index contributed by atoms with van der Waals surface area (Å²) in [6.07, 6.45) is 0. The van der Waals surface area contributed by atoms with Crippen molar-refractivity contribution in [2.75, 3.05) is 0 Å². The number of benzene rings is 1. The highest BCUT2D eigenvalue weighted by Gasteiger charge is 2.33. The topological polar surface area (TPSA) is 130 Å². The summed E-state index contributed by atoms with van der Waals surface area (Å²) >= 11 is 0. The largest absolute Gasteiger partial charge is 0.398 e. The van der Waals surface area contributed by atoms with Crippen molar-refractivity contribution in [1.82, 2.24) is 10.8 Å². The lowest BCUT2D eigenvalue weighted by molar-refractivity contribution is -0.132. The van der Waals surface area contributed by atoms with Crippen molar-refractivity contribution in [2.45, 2.75) is 25.4 Å². The lowest BCUT2D eigenvalue weighted by atomic mass is 9.95. The van der Waals surface area contributed by atoms with Crippen LogP contribution in [0.15, 0.2) is 48.7 Å². The van der Waals surface area contributed by atoms with Gasteiger partial charge < -0.3 is 16.8 Å². The second-order valence-corrected chi connectivity index (χ2v) is 6.04. The lowest BCUT2D eigenvalue weighted by Gasteiger charge is -2.29. The van der Waals surface area contributed by atoms with Crippen molar-refractivity contribution in [3.8, 4) is 11.8 Å². The van der Waals surface area contributed by atoms with Crippen LogP contribution in [0.3, 0.4) is 0 Å². The van der Waals surface area contributed by atoms with E-state index in [0.717, 1.165) is 0 Å². The zero-order chi connectivity index (χ0) is 19.2. The minimum absolute atomic E-state index is 0.293. The molecular formula is C18H22N4O3. The number of nitrogens with one attached hydrogen (secondary N) is 2. The molecule has 2 amide bonds. The minimum Gasteiger partial charge on any atom is -0.398 e. The smallest absolute Gasteiger partial charge is 0.267 e. The maximum absolute atomic E-state index is 12.3. The molecule has 7 nitrogen and oxygen atoms in total. The van der Waals surface area contributed by atoms with Gasteiger partial charge in [0.15, 0.2) is 0 Å². The van der Waals surface area contributed by atoms with Crippen LogP contribution in [-0.2, 0) is 4.79 Å². The van der Waals surface area contributed by atoms with Crippen LogP contribution >= 0.6 is 0 Å². The van der Waals surface area contributed by atoms with Crippen LogP contribution in [-0.4, -0.2) is 28.6 Å². The number of carbonyl (C=O) groups is 2. The van der Waals surface area contributed by atoms with E-state index < -0.39 is 23.4 Å². The Kier molecular flexibility index (Phi) is 6.51. The lowest BCUT2D eigenvalue weighted by Crippen LogP contribution is -2.61. The van der Waals surface area contributed by atoms with E-state index >= 15 is 0 Å². The standard InChI is InChI=1S/C18H22N4O3/c1-11(12(2)19)5-6-13-7-9-14(10-8-13)16(23)21-15(17(24)22-25)18(3,4)20/h7-10,15,25H,1-2,19-20H2,3-4H3,(H,21,23)(H,22,24)/t15-/m1/s1. The van der Waals surface area contributed by atoms with E-state index in [1.54, 1.807) is 38.1 Å². The zero-order valence-corrected chi connectivity index (χ0v) is 14.2. The number of hydroxylamine groups is 1. The molecule has 0 aliphatic rings. The van der Waals surface area contributed by atoms with Gasteiger partial charge in [-0.2, -0.15) is 0 Å². The number of allylic oxidation sites excluding steroid dienone is 1. The molecule has 1 aromatic rings. The van der Waals surface area contributed by atoms with E-state index in [1.165, 1.54) is 5.48 Å². The van der Waals surface area contributed by atoms with Crippen molar-refractivity contribution in [3.05, 3.63) is 59.8 Å². The second kappa shape index (κ2) is 8.15. The molecule has 7 heteroatoms. The number of carbonyl (C=O) groups excluding carboxylic acids is 2. The van der Waals surface area contributed by atoms with Gasteiger partial charge in [-0.15, -0.1) is 0 Å². The third kappa shape index (κ3) is 5.80. The minimum atomic E-state index is -1.11. The fraction of sp³-hybridized carbons (Fsp3) is 0.222. The third-order valence-electron chi connectivity index (χ3n) is 3.28. The van der Waals surface area contributed by atoms with Gasteiger partial charge in [0, 0.05) is 27.9 Å². The van der Waals surface area contributed by atoms with E-state index in [0.29, 0.717) is 22.4 Å². The predicted molar refractivity (Wildman–Crippen MR) is 95.2 cm³/mol. The molecule has 0 aromatic heterocycles. The van der Waals surface area contributed by atoms with E-state index in [-0.39, 0.29) is 0 Å². The average Bonchev–Trinajstić information content (AvgIpc) is 2.55. The Balaban J connectivity index is 2.91. The summed E-state index contributed by atoms with van der Waals surface area (Å²) in [4.78, 5) is 24.0. The van der Waals surface area contributed by atoms with Gasteiger partial charge in [-0.25, -0.2) is 5.48 Å². The first kappa shape index (κ1) is 20.0. The molecule has 7 N–H and O–H groups in total. The van der Waals surface area contributed by atoms with Gasteiger partial charge in [0.25, 0.3) is 11.8 Å². The van der Waals surface area contributed by atoms with Crippen LogP contribution in [0.4, 0.5) is 0 Å². The molecule has 0 fully saturated rings. The molecule has 0 saturated heterocycles. The average molecular weight is 342 g/mol. The van der Waals surface area contributed by atoms with Crippen LogP contribution < -0.4 is 22.3 Å². The summed E-state index contributed by atoms with van der Waals surface area (Å²) in [5.41, 5.74) is 13.4. The fourth-order valence-electron chi connectivity index (χ4n) is 1.80. The monoisotopic (exact) mass is 342 g/mol. The molecule has 0 radical (unpaired) electrons. The zero-order valence-electron chi connectivity index (χ0n) is 14.2. The van der Waals surface area contributed by atoms with Crippen molar-refractivity contribution >= 4 is 11.8 Å². The van der Waals surface area contributed by atoms with Gasteiger partial charge in [0.2, 0.25) is 0 Å². The summed E-state index contributed by atoms with van der Waals surface area (Å²) in [6, 6.07) is 5.28. The highest BCUT2D eigenvalue weighted by Crippen LogP contribution is 2.09. The maximum Gasteiger partial charge on any atom is 0.267 e. The normalized spacial score (nSPS) is 11.5. The summed E-state index contributed by atoms with van der Waals surface area (Å²) in [5.74, 6) is 4.29. The first-order valence-corrected chi connectivity index (χ1v) is 7.35. The third-order valence-corrected chi connectivity index (χ3v) is 3.28. The summed E-state index contributed by atoms with van der Waals surface area (Å²) < 4.78 is 0. The highest BCUT2D eigenvalue weighted by atomic mass is 16.5. The van der Waals surface area contributed by atoms with E-state index in [4.69, 9.17) is 16.7 Å². The fourth-order valence-corrected chi connectivity index (χ4v) is 1.80. The van der Waals surface area contributed by atoms with Gasteiger partial charge in [-0.3, -0.25) is 14.8 Å². The molecule has 132 valence electrons. The second-order valence-electron chi connectivity index (χ2n) is 6.04. The number of rotatable bonds is 5. The Morgan fingerprint density at radius 1 is 1.24 bits per heavy atom. The molecule has 0 heterocycles. The molecule has 0 aliphatic heterocycles. The predicted octanol–water partition coefficient (Wildman–Crippen LogP) is 0.408. The molecule has 0 bridgehead atoms. The van der Waals surface area contributed by atoms with Gasteiger partial charge >= 0.3 is 0 Å². The van der Waals surface area contributed by atoms with Gasteiger partial charge in [0.1, 0.15) is 6.04 Å². The Morgan fingerprint density at radius 3 is 2.24 bits per heavy atom. The Labute approximate surface area is 146 Å². The number of amides is 2. The molecule has 25 heavy (non-hydrogen) atoms. The first-order valence-electron chi connectivity index (χ1n) is 7.35. The van der Waals surface area contributed by atoms with E-state index in [1.807, 2.05) is 0 Å². The van der Waals surface area contributed by atoms with Gasteiger partial charge in [-0.05, 0) is 38.1 Å². The quantitative estimate of drug-likeness (QED) is 0.229.